The van der Waals surface area contributed by atoms with Gasteiger partial charge in [-0.05, 0) is 19.3 Å². The SMILES string of the molecule is COC1CCOC2(C1)CN(C(=O)c1cc(C3CC3)on1)C2. The highest BCUT2D eigenvalue weighted by Gasteiger charge is 2.50. The molecule has 21 heavy (non-hydrogen) atoms. The van der Waals surface area contributed by atoms with Crippen molar-refractivity contribution in [2.45, 2.75) is 43.3 Å². The first kappa shape index (κ1) is 13.3. The van der Waals surface area contributed by atoms with Gasteiger partial charge < -0.3 is 18.9 Å². The fourth-order valence-corrected chi connectivity index (χ4v) is 3.31. The van der Waals surface area contributed by atoms with Gasteiger partial charge in [0.15, 0.2) is 5.69 Å². The minimum atomic E-state index is -0.211. The highest BCUT2D eigenvalue weighted by Crippen LogP contribution is 2.41. The van der Waals surface area contributed by atoms with E-state index in [9.17, 15) is 4.79 Å². The maximum atomic E-state index is 12.4. The Balaban J connectivity index is 1.38. The molecule has 1 aromatic heterocycles. The van der Waals surface area contributed by atoms with E-state index < -0.39 is 0 Å². The molecule has 3 heterocycles. The molecule has 0 bridgehead atoms. The predicted molar refractivity (Wildman–Crippen MR) is 73.1 cm³/mol. The standard InChI is InChI=1S/C15H20N2O4/c1-19-11-4-5-20-15(7-11)8-17(9-15)14(18)12-6-13(21-16-12)10-2-3-10/h6,10-11H,2-5,7-9H2,1H3. The summed E-state index contributed by atoms with van der Waals surface area (Å²) >= 11 is 0. The van der Waals surface area contributed by atoms with Gasteiger partial charge in [0, 0.05) is 32.1 Å². The van der Waals surface area contributed by atoms with Crippen molar-refractivity contribution in [3.8, 4) is 0 Å². The van der Waals surface area contributed by atoms with E-state index in [1.165, 1.54) is 0 Å². The lowest BCUT2D eigenvalue weighted by Crippen LogP contribution is -2.67. The lowest BCUT2D eigenvalue weighted by Gasteiger charge is -2.52. The number of carbonyl (C=O) groups excluding carboxylic acids is 1. The summed E-state index contributed by atoms with van der Waals surface area (Å²) in [4.78, 5) is 14.2. The molecular formula is C15H20N2O4. The van der Waals surface area contributed by atoms with E-state index in [0.29, 0.717) is 31.3 Å². The van der Waals surface area contributed by atoms with E-state index in [1.54, 1.807) is 18.1 Å². The van der Waals surface area contributed by atoms with Crippen molar-refractivity contribution >= 4 is 5.91 Å². The summed E-state index contributed by atoms with van der Waals surface area (Å²) in [5.74, 6) is 1.27. The molecule has 0 aromatic carbocycles. The van der Waals surface area contributed by atoms with E-state index in [0.717, 1.165) is 31.4 Å². The molecule has 1 saturated carbocycles. The second-order valence-electron chi connectivity index (χ2n) is 6.43. The van der Waals surface area contributed by atoms with Gasteiger partial charge in [0.1, 0.15) is 11.4 Å². The molecule has 0 N–H and O–H groups in total. The molecule has 1 spiro atoms. The summed E-state index contributed by atoms with van der Waals surface area (Å²) < 4.78 is 16.6. The molecule has 4 rings (SSSR count). The zero-order valence-corrected chi connectivity index (χ0v) is 12.2. The normalized spacial score (nSPS) is 27.7. The number of methoxy groups -OCH3 is 1. The molecule has 1 atom stereocenters. The molecule has 6 nitrogen and oxygen atoms in total. The van der Waals surface area contributed by atoms with Crippen LogP contribution in [-0.2, 0) is 9.47 Å². The average Bonchev–Trinajstić information content (AvgIpc) is 3.21. The summed E-state index contributed by atoms with van der Waals surface area (Å²) in [7, 11) is 1.74. The van der Waals surface area contributed by atoms with Crippen molar-refractivity contribution < 1.29 is 18.8 Å². The summed E-state index contributed by atoms with van der Waals surface area (Å²) in [6.07, 6.45) is 4.31. The first-order valence-corrected chi connectivity index (χ1v) is 7.62. The van der Waals surface area contributed by atoms with Gasteiger partial charge in [-0.15, -0.1) is 0 Å². The first-order chi connectivity index (χ1) is 10.2. The highest BCUT2D eigenvalue weighted by molar-refractivity contribution is 5.93. The third-order valence-corrected chi connectivity index (χ3v) is 4.75. The summed E-state index contributed by atoms with van der Waals surface area (Å²) in [5, 5.41) is 3.91. The minimum absolute atomic E-state index is 0.0561. The zero-order chi connectivity index (χ0) is 14.4. The Kier molecular flexibility index (Phi) is 3.04. The van der Waals surface area contributed by atoms with E-state index in [1.807, 2.05) is 0 Å². The second-order valence-corrected chi connectivity index (χ2v) is 6.43. The van der Waals surface area contributed by atoms with Crippen LogP contribution in [-0.4, -0.2) is 54.5 Å². The third-order valence-electron chi connectivity index (χ3n) is 4.75. The monoisotopic (exact) mass is 292 g/mol. The fraction of sp³-hybridized carbons (Fsp3) is 0.733. The zero-order valence-electron chi connectivity index (χ0n) is 12.2. The van der Waals surface area contributed by atoms with Gasteiger partial charge >= 0.3 is 0 Å². The van der Waals surface area contributed by atoms with Gasteiger partial charge in [0.25, 0.3) is 5.91 Å². The number of amides is 1. The lowest BCUT2D eigenvalue weighted by molar-refractivity contribution is -0.182. The topological polar surface area (TPSA) is 64.8 Å². The average molecular weight is 292 g/mol. The summed E-state index contributed by atoms with van der Waals surface area (Å²) in [6, 6.07) is 1.80. The van der Waals surface area contributed by atoms with Crippen LogP contribution in [0.4, 0.5) is 0 Å². The second kappa shape index (κ2) is 4.81. The van der Waals surface area contributed by atoms with Crippen LogP contribution in [0.5, 0.6) is 0 Å². The smallest absolute Gasteiger partial charge is 0.276 e. The number of likely N-dealkylation sites (tertiary alicyclic amines) is 1. The number of aromatic nitrogens is 1. The van der Waals surface area contributed by atoms with Crippen LogP contribution in [0.15, 0.2) is 10.6 Å². The number of rotatable bonds is 3. The molecule has 2 aliphatic heterocycles. The maximum absolute atomic E-state index is 12.4. The third kappa shape index (κ3) is 2.36. The number of hydrogen-bond acceptors (Lipinski definition) is 5. The Morgan fingerprint density at radius 1 is 1.43 bits per heavy atom. The van der Waals surface area contributed by atoms with Gasteiger partial charge in [-0.2, -0.15) is 0 Å². The largest absolute Gasteiger partial charge is 0.381 e. The van der Waals surface area contributed by atoms with Crippen LogP contribution < -0.4 is 0 Å². The molecule has 2 saturated heterocycles. The van der Waals surface area contributed by atoms with Gasteiger partial charge in [0.05, 0.1) is 19.2 Å². The molecule has 6 heteroatoms. The molecular weight excluding hydrogens is 272 g/mol. The van der Waals surface area contributed by atoms with Gasteiger partial charge in [-0.25, -0.2) is 0 Å². The molecule has 0 radical (unpaired) electrons. The number of ether oxygens (including phenoxy) is 2. The van der Waals surface area contributed by atoms with E-state index in [-0.39, 0.29) is 17.6 Å². The fourth-order valence-electron chi connectivity index (χ4n) is 3.31. The quantitative estimate of drug-likeness (QED) is 0.846. The van der Waals surface area contributed by atoms with E-state index in [4.69, 9.17) is 14.0 Å². The van der Waals surface area contributed by atoms with Crippen LogP contribution in [0.2, 0.25) is 0 Å². The van der Waals surface area contributed by atoms with Crippen LogP contribution in [0, 0.1) is 0 Å². The van der Waals surface area contributed by atoms with E-state index >= 15 is 0 Å². The molecule has 1 aliphatic carbocycles. The molecule has 3 aliphatic rings. The maximum Gasteiger partial charge on any atom is 0.276 e. The van der Waals surface area contributed by atoms with Crippen molar-refractivity contribution in [2.24, 2.45) is 0 Å². The number of carbonyl (C=O) groups is 1. The summed E-state index contributed by atoms with van der Waals surface area (Å²) in [6.45, 7) is 1.95. The van der Waals surface area contributed by atoms with Crippen LogP contribution in [0.3, 0.4) is 0 Å². The van der Waals surface area contributed by atoms with Gasteiger partial charge in [-0.1, -0.05) is 5.16 Å². The van der Waals surface area contributed by atoms with Crippen molar-refractivity contribution in [2.75, 3.05) is 26.8 Å². The Bertz CT molecular complexity index is 546. The predicted octanol–water partition coefficient (Wildman–Crippen LogP) is 1.57. The highest BCUT2D eigenvalue weighted by atomic mass is 16.5. The Labute approximate surface area is 123 Å². The van der Waals surface area contributed by atoms with Crippen LogP contribution >= 0.6 is 0 Å². The molecule has 1 amide bonds. The van der Waals surface area contributed by atoms with Gasteiger partial charge in [-0.3, -0.25) is 4.79 Å². The van der Waals surface area contributed by atoms with Crippen LogP contribution in [0.1, 0.15) is 47.8 Å². The summed E-state index contributed by atoms with van der Waals surface area (Å²) in [5.41, 5.74) is 0.211. The van der Waals surface area contributed by atoms with Gasteiger partial charge in [0.2, 0.25) is 0 Å². The Morgan fingerprint density at radius 2 is 2.24 bits per heavy atom. The molecule has 3 fully saturated rings. The molecule has 114 valence electrons. The Morgan fingerprint density at radius 3 is 2.95 bits per heavy atom. The minimum Gasteiger partial charge on any atom is -0.381 e. The number of hydrogen-bond donors (Lipinski definition) is 0. The Hall–Kier alpha value is -1.40. The number of nitrogens with zero attached hydrogens (tertiary/aromatic N) is 2. The van der Waals surface area contributed by atoms with Crippen molar-refractivity contribution in [1.82, 2.24) is 10.1 Å². The lowest BCUT2D eigenvalue weighted by atomic mass is 9.84. The molecule has 1 unspecified atom stereocenters. The van der Waals surface area contributed by atoms with Crippen molar-refractivity contribution in [1.29, 1.82) is 0 Å². The van der Waals surface area contributed by atoms with Crippen molar-refractivity contribution in [3.63, 3.8) is 0 Å². The van der Waals surface area contributed by atoms with Crippen molar-refractivity contribution in [3.05, 3.63) is 17.5 Å². The molecule has 1 aromatic rings. The van der Waals surface area contributed by atoms with E-state index in [2.05, 4.69) is 5.16 Å². The first-order valence-electron chi connectivity index (χ1n) is 7.62. The van der Waals surface area contributed by atoms with Crippen LogP contribution in [0.25, 0.3) is 0 Å².